The molecule has 1 aromatic rings. The maximum atomic E-state index is 5.39. The molecule has 1 atom stereocenters. The van der Waals surface area contributed by atoms with Gasteiger partial charge < -0.3 is 15.0 Å². The summed E-state index contributed by atoms with van der Waals surface area (Å²) in [4.78, 5) is 2.41. The quantitative estimate of drug-likeness (QED) is 0.906. The van der Waals surface area contributed by atoms with Gasteiger partial charge in [0, 0.05) is 30.9 Å². The molecule has 1 aromatic carbocycles. The first-order chi connectivity index (χ1) is 8.84. The molecule has 0 aliphatic carbocycles. The number of aryl methyl sites for hydroxylation is 2. The van der Waals surface area contributed by atoms with Crippen LogP contribution in [0.5, 0.6) is 5.75 Å². The molecule has 0 radical (unpaired) electrons. The molecule has 19 heavy (non-hydrogen) atoms. The lowest BCUT2D eigenvalue weighted by Gasteiger charge is -2.29. The first kappa shape index (κ1) is 14.2. The van der Waals surface area contributed by atoms with Crippen molar-refractivity contribution in [3.8, 4) is 5.75 Å². The first-order valence-corrected chi connectivity index (χ1v) is 6.97. The van der Waals surface area contributed by atoms with Crippen molar-refractivity contribution in [2.24, 2.45) is 0 Å². The summed E-state index contributed by atoms with van der Waals surface area (Å²) >= 11 is 0. The number of nitrogens with one attached hydrogen (secondary N) is 1. The number of methoxy groups -OCH3 is 1. The second-order valence-electron chi connectivity index (χ2n) is 6.34. The molecule has 0 saturated carbocycles. The van der Waals surface area contributed by atoms with Crippen LogP contribution in [-0.4, -0.2) is 32.3 Å². The smallest absolute Gasteiger partial charge is 0.122 e. The van der Waals surface area contributed by atoms with E-state index in [9.17, 15) is 0 Å². The summed E-state index contributed by atoms with van der Waals surface area (Å²) in [6, 6.07) is 4.93. The highest BCUT2D eigenvalue weighted by Gasteiger charge is 2.33. The zero-order chi connectivity index (χ0) is 14.2. The molecule has 0 aromatic heterocycles. The Balaban J connectivity index is 2.25. The van der Waals surface area contributed by atoms with Crippen molar-refractivity contribution in [3.05, 3.63) is 23.3 Å². The highest BCUT2D eigenvalue weighted by atomic mass is 16.5. The average Bonchev–Trinajstić information content (AvgIpc) is 2.71. The largest absolute Gasteiger partial charge is 0.496 e. The Hall–Kier alpha value is -1.22. The van der Waals surface area contributed by atoms with Gasteiger partial charge in [-0.25, -0.2) is 0 Å². The summed E-state index contributed by atoms with van der Waals surface area (Å²) in [6.45, 7) is 9.85. The normalized spacial score (nSPS) is 21.5. The topological polar surface area (TPSA) is 24.5 Å². The van der Waals surface area contributed by atoms with E-state index < -0.39 is 0 Å². The third-order valence-corrected chi connectivity index (χ3v) is 4.20. The number of hydrogen-bond donors (Lipinski definition) is 1. The molecule has 1 aliphatic heterocycles. The maximum Gasteiger partial charge on any atom is 0.122 e. The van der Waals surface area contributed by atoms with Crippen molar-refractivity contribution >= 4 is 5.69 Å². The number of hydrogen-bond acceptors (Lipinski definition) is 3. The van der Waals surface area contributed by atoms with Crippen LogP contribution < -0.4 is 15.0 Å². The Bertz CT molecular complexity index is 468. The van der Waals surface area contributed by atoms with Crippen LogP contribution in [0.3, 0.4) is 0 Å². The first-order valence-electron chi connectivity index (χ1n) is 6.97. The van der Waals surface area contributed by atoms with Gasteiger partial charge in [-0.2, -0.15) is 0 Å². The van der Waals surface area contributed by atoms with E-state index in [1.54, 1.807) is 7.11 Å². The van der Waals surface area contributed by atoms with Crippen LogP contribution in [0.1, 0.15) is 31.4 Å². The number of rotatable bonds is 3. The highest BCUT2D eigenvalue weighted by Crippen LogP contribution is 2.31. The van der Waals surface area contributed by atoms with Crippen molar-refractivity contribution in [2.45, 2.75) is 45.7 Å². The van der Waals surface area contributed by atoms with Crippen molar-refractivity contribution in [3.63, 3.8) is 0 Å². The van der Waals surface area contributed by atoms with Gasteiger partial charge in [0.15, 0.2) is 0 Å². The summed E-state index contributed by atoms with van der Waals surface area (Å²) in [5.41, 5.74) is 4.02. The van der Waals surface area contributed by atoms with Gasteiger partial charge in [0.2, 0.25) is 0 Å². The molecule has 3 heteroatoms. The van der Waals surface area contributed by atoms with E-state index in [0.29, 0.717) is 6.04 Å². The number of ether oxygens (including phenoxy) is 1. The second-order valence-corrected chi connectivity index (χ2v) is 6.34. The molecule has 2 rings (SSSR count). The predicted octanol–water partition coefficient (Wildman–Crippen LogP) is 2.89. The van der Waals surface area contributed by atoms with Gasteiger partial charge in [0.1, 0.15) is 5.75 Å². The van der Waals surface area contributed by atoms with Crippen LogP contribution >= 0.6 is 0 Å². The Morgan fingerprint density at radius 3 is 2.47 bits per heavy atom. The Morgan fingerprint density at radius 2 is 1.95 bits per heavy atom. The fourth-order valence-corrected chi connectivity index (χ4v) is 2.97. The van der Waals surface area contributed by atoms with E-state index >= 15 is 0 Å². The lowest BCUT2D eigenvalue weighted by Crippen LogP contribution is -2.33. The van der Waals surface area contributed by atoms with E-state index in [0.717, 1.165) is 12.3 Å². The third kappa shape index (κ3) is 2.86. The van der Waals surface area contributed by atoms with Crippen LogP contribution in [0.15, 0.2) is 12.1 Å². The Morgan fingerprint density at radius 1 is 1.26 bits per heavy atom. The zero-order valence-electron chi connectivity index (χ0n) is 13.0. The molecule has 1 fully saturated rings. The minimum absolute atomic E-state index is 0.244. The number of nitrogens with zero attached hydrogens (tertiary/aromatic N) is 1. The van der Waals surface area contributed by atoms with Gasteiger partial charge in [-0.15, -0.1) is 0 Å². The molecule has 1 saturated heterocycles. The monoisotopic (exact) mass is 262 g/mol. The van der Waals surface area contributed by atoms with Crippen molar-refractivity contribution in [1.82, 2.24) is 5.32 Å². The van der Waals surface area contributed by atoms with Gasteiger partial charge in [0.05, 0.1) is 7.11 Å². The lowest BCUT2D eigenvalue weighted by molar-refractivity contribution is 0.411. The third-order valence-electron chi connectivity index (χ3n) is 4.20. The summed E-state index contributed by atoms with van der Waals surface area (Å²) in [5.74, 6) is 0.972. The molecule has 1 aliphatic rings. The fraction of sp³-hybridized carbons (Fsp3) is 0.625. The minimum Gasteiger partial charge on any atom is -0.496 e. The summed E-state index contributed by atoms with van der Waals surface area (Å²) in [7, 11) is 3.93. The van der Waals surface area contributed by atoms with Crippen LogP contribution in [0, 0.1) is 13.8 Å². The number of anilines is 1. The molecular weight excluding hydrogens is 236 g/mol. The minimum atomic E-state index is 0.244. The lowest BCUT2D eigenvalue weighted by atomic mass is 10.00. The second kappa shape index (κ2) is 5.04. The van der Waals surface area contributed by atoms with E-state index in [1.165, 1.54) is 23.2 Å². The Labute approximate surface area is 116 Å². The fourth-order valence-electron chi connectivity index (χ4n) is 2.97. The van der Waals surface area contributed by atoms with Crippen molar-refractivity contribution in [2.75, 3.05) is 25.6 Å². The average molecular weight is 262 g/mol. The van der Waals surface area contributed by atoms with Gasteiger partial charge >= 0.3 is 0 Å². The molecule has 0 bridgehead atoms. The molecule has 0 amide bonds. The standard InChI is InChI=1S/C16H26N2O/c1-11-8-15(19-6)12(2)7-14(11)18(5)13-9-16(3,4)17-10-13/h7-8,13,17H,9-10H2,1-6H3. The van der Waals surface area contributed by atoms with E-state index in [4.69, 9.17) is 4.74 Å². The molecular formula is C16H26N2O. The summed E-state index contributed by atoms with van der Waals surface area (Å²) in [6.07, 6.45) is 1.17. The van der Waals surface area contributed by atoms with Gasteiger partial charge in [-0.05, 0) is 57.4 Å². The van der Waals surface area contributed by atoms with Crippen molar-refractivity contribution in [1.29, 1.82) is 0 Å². The number of likely N-dealkylation sites (N-methyl/N-ethyl adjacent to an activating group) is 1. The maximum absolute atomic E-state index is 5.39. The molecule has 0 spiro atoms. The summed E-state index contributed by atoms with van der Waals surface area (Å²) in [5, 5.41) is 3.59. The van der Waals surface area contributed by atoms with Crippen LogP contribution in [0.4, 0.5) is 5.69 Å². The van der Waals surface area contributed by atoms with E-state index in [-0.39, 0.29) is 5.54 Å². The SMILES string of the molecule is COc1cc(C)c(N(C)C2CNC(C)(C)C2)cc1C. The van der Waals surface area contributed by atoms with E-state index in [1.807, 2.05) is 0 Å². The summed E-state index contributed by atoms with van der Waals surface area (Å²) < 4.78 is 5.39. The van der Waals surface area contributed by atoms with Crippen LogP contribution in [0.2, 0.25) is 0 Å². The Kier molecular flexibility index (Phi) is 3.77. The van der Waals surface area contributed by atoms with Crippen LogP contribution in [0.25, 0.3) is 0 Å². The predicted molar refractivity (Wildman–Crippen MR) is 81.4 cm³/mol. The molecule has 1 N–H and O–H groups in total. The van der Waals surface area contributed by atoms with Crippen molar-refractivity contribution < 1.29 is 4.74 Å². The van der Waals surface area contributed by atoms with Gasteiger partial charge in [-0.3, -0.25) is 0 Å². The molecule has 1 unspecified atom stereocenters. The zero-order valence-corrected chi connectivity index (χ0v) is 13.0. The van der Waals surface area contributed by atoms with Gasteiger partial charge in [0.25, 0.3) is 0 Å². The van der Waals surface area contributed by atoms with E-state index in [2.05, 4.69) is 57.1 Å². The highest BCUT2D eigenvalue weighted by molar-refractivity contribution is 5.59. The van der Waals surface area contributed by atoms with Crippen LogP contribution in [-0.2, 0) is 0 Å². The van der Waals surface area contributed by atoms with Gasteiger partial charge in [-0.1, -0.05) is 0 Å². The molecule has 3 nitrogen and oxygen atoms in total. The number of benzene rings is 1. The molecule has 1 heterocycles. The molecule has 106 valence electrons.